The molecule has 0 saturated carbocycles. The topological polar surface area (TPSA) is 60.2 Å². The molecule has 0 spiro atoms. The fourth-order valence-corrected chi connectivity index (χ4v) is 6.02. The van der Waals surface area contributed by atoms with E-state index in [0.29, 0.717) is 17.1 Å². The van der Waals surface area contributed by atoms with Gasteiger partial charge in [-0.15, -0.1) is 0 Å². The minimum Gasteiger partial charge on any atom is -0.289 e. The van der Waals surface area contributed by atoms with E-state index in [0.717, 1.165) is 80.0 Å². The van der Waals surface area contributed by atoms with E-state index in [2.05, 4.69) is 46.4 Å². The summed E-state index contributed by atoms with van der Waals surface area (Å²) in [7, 11) is 0. The third-order valence-electron chi connectivity index (χ3n) is 8.18. The van der Waals surface area contributed by atoms with Crippen LogP contribution in [0.5, 0.6) is 0 Å². The molecule has 0 bridgehead atoms. The number of Topliss-reactive ketones (excluding diaryl/α,β-unsaturated/α-hetero) is 1. The summed E-state index contributed by atoms with van der Waals surface area (Å²) in [6.07, 6.45) is 11.3. The summed E-state index contributed by atoms with van der Waals surface area (Å²) in [5, 5.41) is 11.7. The van der Waals surface area contributed by atoms with Crippen molar-refractivity contribution in [2.45, 2.75) is 104 Å². The molecule has 0 radical (unpaired) electrons. The number of nitro groups is 1. The Labute approximate surface area is 217 Å². The summed E-state index contributed by atoms with van der Waals surface area (Å²) >= 11 is 0. The van der Waals surface area contributed by atoms with Crippen molar-refractivity contribution in [2.75, 3.05) is 0 Å². The molecule has 0 fully saturated rings. The predicted octanol–water partition coefficient (Wildman–Crippen LogP) is 9.59. The van der Waals surface area contributed by atoms with Gasteiger partial charge in [-0.3, -0.25) is 14.9 Å². The molecule has 1 unspecified atom stereocenters. The van der Waals surface area contributed by atoms with Gasteiger partial charge in [-0.05, 0) is 71.6 Å². The molecule has 3 rings (SSSR count). The van der Waals surface area contributed by atoms with Crippen LogP contribution in [0, 0.1) is 16.0 Å². The van der Waals surface area contributed by atoms with Gasteiger partial charge in [0, 0.05) is 23.1 Å². The van der Waals surface area contributed by atoms with Gasteiger partial charge in [-0.25, -0.2) is 0 Å². The first-order valence-electron chi connectivity index (χ1n) is 14.0. The Hall–Kier alpha value is -2.75. The van der Waals surface area contributed by atoms with Crippen LogP contribution in [0.25, 0.3) is 11.1 Å². The maximum absolute atomic E-state index is 13.5. The van der Waals surface area contributed by atoms with E-state index in [-0.39, 0.29) is 21.8 Å². The van der Waals surface area contributed by atoms with Gasteiger partial charge in [0.15, 0.2) is 5.78 Å². The Kier molecular flexibility index (Phi) is 9.64. The van der Waals surface area contributed by atoms with Crippen LogP contribution in [0.1, 0.15) is 120 Å². The van der Waals surface area contributed by atoms with Gasteiger partial charge in [0.1, 0.15) is 0 Å². The van der Waals surface area contributed by atoms with Crippen molar-refractivity contribution in [1.29, 1.82) is 0 Å². The van der Waals surface area contributed by atoms with Crippen molar-refractivity contribution >= 4 is 11.5 Å². The molecule has 1 aliphatic carbocycles. The zero-order valence-corrected chi connectivity index (χ0v) is 22.7. The minimum absolute atomic E-state index is 0.0333. The number of hydrogen-bond donors (Lipinski definition) is 0. The van der Waals surface area contributed by atoms with Gasteiger partial charge in [-0.2, -0.15) is 0 Å². The van der Waals surface area contributed by atoms with E-state index < -0.39 is 0 Å². The molecule has 0 amide bonds. The lowest BCUT2D eigenvalue weighted by atomic mass is 9.70. The third-order valence-corrected chi connectivity index (χ3v) is 8.18. The lowest BCUT2D eigenvalue weighted by Crippen LogP contribution is -2.26. The van der Waals surface area contributed by atoms with E-state index in [1.54, 1.807) is 12.1 Å². The van der Waals surface area contributed by atoms with Gasteiger partial charge >= 0.3 is 0 Å². The number of allylic oxidation sites excluding steroid dienone is 1. The molecule has 0 aromatic heterocycles. The Bertz CT molecular complexity index is 1090. The zero-order valence-electron chi connectivity index (χ0n) is 22.7. The molecule has 0 aliphatic heterocycles. The van der Waals surface area contributed by atoms with Crippen LogP contribution in [-0.4, -0.2) is 10.7 Å². The van der Waals surface area contributed by atoms with Gasteiger partial charge in [0.05, 0.1) is 4.92 Å². The Morgan fingerprint density at radius 2 is 1.53 bits per heavy atom. The molecule has 1 atom stereocenters. The number of benzene rings is 2. The highest BCUT2D eigenvalue weighted by atomic mass is 16.6. The number of nitro benzene ring substituents is 1. The number of fused-ring (bicyclic) bond motifs is 3. The molecule has 1 aliphatic rings. The second-order valence-electron chi connectivity index (χ2n) is 10.6. The number of carbonyl (C=O) groups is 1. The normalized spacial score (nSPS) is 14.2. The summed E-state index contributed by atoms with van der Waals surface area (Å²) in [4.78, 5) is 24.8. The number of unbranched alkanes of at least 4 members (excludes halogenated alkanes) is 2. The predicted molar refractivity (Wildman–Crippen MR) is 150 cm³/mol. The van der Waals surface area contributed by atoms with Crippen LogP contribution in [-0.2, 0) is 5.41 Å². The van der Waals surface area contributed by atoms with Crippen LogP contribution in [0.15, 0.2) is 48.6 Å². The highest BCUT2D eigenvalue weighted by molar-refractivity contribution is 6.09. The second-order valence-corrected chi connectivity index (χ2v) is 10.6. The fraction of sp³-hybridized carbons (Fsp3) is 0.531. The van der Waals surface area contributed by atoms with Crippen LogP contribution >= 0.6 is 0 Å². The molecular weight excluding hydrogens is 446 g/mol. The van der Waals surface area contributed by atoms with E-state index in [1.165, 1.54) is 12.8 Å². The Morgan fingerprint density at radius 1 is 0.917 bits per heavy atom. The summed E-state index contributed by atoms with van der Waals surface area (Å²) in [5.74, 6) is 0.673. The molecule has 2 aromatic carbocycles. The number of rotatable bonds is 15. The highest BCUT2D eigenvalue weighted by Gasteiger charge is 2.43. The van der Waals surface area contributed by atoms with Crippen molar-refractivity contribution < 1.29 is 9.72 Å². The standard InChI is InChI=1S/C32H43NO3/c1-6-10-19-32(20-11-7-2)29-21-25(31(34)23(5)13-14-24(9-4)12-8-3)15-17-27(29)28-18-16-26(33(35)36)22-30(28)32/h15-18,21-22,24H,5-14,19-20H2,1-4H3. The van der Waals surface area contributed by atoms with E-state index >= 15 is 0 Å². The average molecular weight is 490 g/mol. The highest BCUT2D eigenvalue weighted by Crippen LogP contribution is 2.55. The number of ketones is 1. The molecule has 4 nitrogen and oxygen atoms in total. The van der Waals surface area contributed by atoms with Crippen molar-refractivity contribution in [1.82, 2.24) is 0 Å². The Morgan fingerprint density at radius 3 is 2.08 bits per heavy atom. The lowest BCUT2D eigenvalue weighted by Gasteiger charge is -2.32. The number of non-ortho nitro benzene ring substituents is 1. The van der Waals surface area contributed by atoms with Crippen molar-refractivity contribution in [3.05, 3.63) is 75.4 Å². The number of carbonyl (C=O) groups excluding carboxylic acids is 1. The minimum atomic E-state index is -0.297. The molecular formula is C32H43NO3. The number of hydrogen-bond acceptors (Lipinski definition) is 3. The molecule has 0 heterocycles. The van der Waals surface area contributed by atoms with Crippen LogP contribution in [0.4, 0.5) is 5.69 Å². The van der Waals surface area contributed by atoms with Crippen molar-refractivity contribution in [3.63, 3.8) is 0 Å². The third kappa shape index (κ3) is 5.63. The van der Waals surface area contributed by atoms with Crippen LogP contribution in [0.2, 0.25) is 0 Å². The zero-order chi connectivity index (χ0) is 26.3. The van der Waals surface area contributed by atoms with E-state index in [1.807, 2.05) is 12.1 Å². The first-order valence-corrected chi connectivity index (χ1v) is 14.0. The average Bonchev–Trinajstić information content (AvgIpc) is 3.16. The molecule has 0 saturated heterocycles. The smallest absolute Gasteiger partial charge is 0.269 e. The monoisotopic (exact) mass is 489 g/mol. The summed E-state index contributed by atoms with van der Waals surface area (Å²) in [6, 6.07) is 11.4. The molecule has 36 heavy (non-hydrogen) atoms. The maximum Gasteiger partial charge on any atom is 0.269 e. The SMILES string of the molecule is C=C(CCC(CC)CCC)C(=O)c1ccc2c(c1)C(CCCC)(CCCC)c1cc([N+](=O)[O-])ccc1-2. The summed E-state index contributed by atoms with van der Waals surface area (Å²) < 4.78 is 0. The summed E-state index contributed by atoms with van der Waals surface area (Å²) in [5.41, 5.74) is 5.63. The molecule has 2 aromatic rings. The van der Waals surface area contributed by atoms with E-state index in [9.17, 15) is 14.9 Å². The van der Waals surface area contributed by atoms with Crippen molar-refractivity contribution in [3.8, 4) is 11.1 Å². The molecule has 4 heteroatoms. The van der Waals surface area contributed by atoms with Gasteiger partial charge in [0.25, 0.3) is 5.69 Å². The summed E-state index contributed by atoms with van der Waals surface area (Å²) in [6.45, 7) is 13.0. The fourth-order valence-electron chi connectivity index (χ4n) is 6.02. The van der Waals surface area contributed by atoms with Crippen molar-refractivity contribution in [2.24, 2.45) is 5.92 Å². The molecule has 194 valence electrons. The second kappa shape index (κ2) is 12.5. The molecule has 0 N–H and O–H groups in total. The van der Waals surface area contributed by atoms with Gasteiger partial charge < -0.3 is 0 Å². The quantitative estimate of drug-likeness (QED) is 0.108. The van der Waals surface area contributed by atoms with E-state index in [4.69, 9.17) is 0 Å². The van der Waals surface area contributed by atoms with Gasteiger partial charge in [-0.1, -0.05) is 91.4 Å². The first-order chi connectivity index (χ1) is 17.3. The lowest BCUT2D eigenvalue weighted by molar-refractivity contribution is -0.384. The Balaban J connectivity index is 2.03. The van der Waals surface area contributed by atoms with Gasteiger partial charge in [0.2, 0.25) is 0 Å². The maximum atomic E-state index is 13.5. The van der Waals surface area contributed by atoms with Crippen LogP contribution < -0.4 is 0 Å². The first kappa shape index (κ1) is 27.8. The largest absolute Gasteiger partial charge is 0.289 e. The number of nitrogens with zero attached hydrogens (tertiary/aromatic N) is 1. The van der Waals surface area contributed by atoms with Crippen LogP contribution in [0.3, 0.4) is 0 Å².